The van der Waals surface area contributed by atoms with E-state index in [4.69, 9.17) is 0 Å². The molecule has 96 valence electrons. The summed E-state index contributed by atoms with van der Waals surface area (Å²) in [5.41, 5.74) is 1.29. The van der Waals surface area contributed by atoms with Crippen LogP contribution in [0.1, 0.15) is 26.3 Å². The van der Waals surface area contributed by atoms with E-state index in [-0.39, 0.29) is 0 Å². The average Bonchev–Trinajstić information content (AvgIpc) is 2.36. The quantitative estimate of drug-likeness (QED) is 0.712. The molecule has 2 nitrogen and oxygen atoms in total. The lowest BCUT2D eigenvalue weighted by molar-refractivity contribution is 0.971. The van der Waals surface area contributed by atoms with Gasteiger partial charge in [-0.25, -0.2) is 4.98 Å². The van der Waals surface area contributed by atoms with E-state index in [0.29, 0.717) is 0 Å². The first-order valence-electron chi connectivity index (χ1n) is 6.70. The Hall–Kier alpha value is -0.833. The molecule has 0 fully saturated rings. The van der Waals surface area contributed by atoms with Crippen LogP contribution >= 0.6 is 0 Å². The molecule has 0 aliphatic heterocycles. The van der Waals surface area contributed by atoms with Gasteiger partial charge >= 0.3 is 0 Å². The molecular weight excluding hydrogens is 224 g/mol. The van der Waals surface area contributed by atoms with Crippen molar-refractivity contribution >= 4 is 13.9 Å². The normalized spacial score (nSPS) is 11.6. The fourth-order valence-corrected chi connectivity index (χ4v) is 5.74. The molecule has 17 heavy (non-hydrogen) atoms. The van der Waals surface area contributed by atoms with Gasteiger partial charge in [-0.05, 0) is 24.6 Å². The zero-order valence-electron chi connectivity index (χ0n) is 12.0. The lowest BCUT2D eigenvalue weighted by Crippen LogP contribution is -2.44. The summed E-state index contributed by atoms with van der Waals surface area (Å²) in [4.78, 5) is 6.83. The molecule has 1 rings (SSSR count). The van der Waals surface area contributed by atoms with Gasteiger partial charge in [0.25, 0.3) is 0 Å². The average molecular weight is 250 g/mol. The van der Waals surface area contributed by atoms with Crippen molar-refractivity contribution in [3.63, 3.8) is 0 Å². The number of hydrogen-bond acceptors (Lipinski definition) is 2. The van der Waals surface area contributed by atoms with Crippen LogP contribution in [0.25, 0.3) is 0 Å². The van der Waals surface area contributed by atoms with E-state index in [2.05, 4.69) is 56.8 Å². The van der Waals surface area contributed by atoms with Crippen molar-refractivity contribution in [1.82, 2.24) is 4.98 Å². The summed E-state index contributed by atoms with van der Waals surface area (Å²) < 4.78 is 0. The van der Waals surface area contributed by atoms with Crippen molar-refractivity contribution in [3.8, 4) is 0 Å². The molecule has 0 saturated heterocycles. The first kappa shape index (κ1) is 14.2. The van der Waals surface area contributed by atoms with Gasteiger partial charge in [0.05, 0.1) is 8.07 Å². The molecule has 0 N–H and O–H groups in total. The highest BCUT2D eigenvalue weighted by Crippen LogP contribution is 2.23. The smallest absolute Gasteiger partial charge is 0.128 e. The van der Waals surface area contributed by atoms with Crippen LogP contribution in [-0.2, 0) is 0 Å². The van der Waals surface area contributed by atoms with Crippen molar-refractivity contribution in [2.45, 2.75) is 45.8 Å². The zero-order valence-corrected chi connectivity index (χ0v) is 13.0. The van der Waals surface area contributed by atoms with E-state index in [0.717, 1.165) is 5.82 Å². The first-order chi connectivity index (χ1) is 8.06. The zero-order chi connectivity index (χ0) is 12.9. The van der Waals surface area contributed by atoms with Gasteiger partial charge in [0, 0.05) is 19.4 Å². The molecule has 0 saturated carbocycles. The monoisotopic (exact) mass is 250 g/mol. The van der Waals surface area contributed by atoms with Crippen LogP contribution < -0.4 is 4.90 Å². The largest absolute Gasteiger partial charge is 0.363 e. The van der Waals surface area contributed by atoms with Gasteiger partial charge in [-0.3, -0.25) is 0 Å². The number of nitrogens with zero attached hydrogens (tertiary/aromatic N) is 2. The molecule has 0 unspecified atom stereocenters. The minimum absolute atomic E-state index is 1.09. The van der Waals surface area contributed by atoms with E-state index in [1.807, 2.05) is 6.20 Å². The van der Waals surface area contributed by atoms with Crippen LogP contribution in [0.15, 0.2) is 18.3 Å². The summed E-state index contributed by atoms with van der Waals surface area (Å²) in [6, 6.07) is 8.35. The molecule has 1 aromatic rings. The number of aryl methyl sites for hydroxylation is 1. The van der Waals surface area contributed by atoms with Gasteiger partial charge in [-0.15, -0.1) is 0 Å². The minimum Gasteiger partial charge on any atom is -0.363 e. The number of hydrogen-bond donors (Lipinski definition) is 0. The molecule has 0 atom stereocenters. The number of anilines is 1. The maximum Gasteiger partial charge on any atom is 0.128 e. The summed E-state index contributed by atoms with van der Waals surface area (Å²) >= 11 is 0. The minimum atomic E-state index is -1.09. The Labute approximate surface area is 107 Å². The van der Waals surface area contributed by atoms with Crippen molar-refractivity contribution < 1.29 is 0 Å². The van der Waals surface area contributed by atoms with E-state index in [9.17, 15) is 0 Å². The standard InChI is InChI=1S/C14H26N2Si/c1-6-17(7-2,8-3)12-16(5)14-11-13(4)9-10-15-14/h9-11H,6-8,12H2,1-5H3. The Morgan fingerprint density at radius 2 is 1.76 bits per heavy atom. The maximum atomic E-state index is 4.47. The second-order valence-electron chi connectivity index (χ2n) is 5.11. The van der Waals surface area contributed by atoms with Crippen LogP contribution in [0.4, 0.5) is 5.82 Å². The molecule has 0 radical (unpaired) electrons. The molecule has 0 bridgehead atoms. The first-order valence-corrected chi connectivity index (χ1v) is 9.53. The predicted octanol–water partition coefficient (Wildman–Crippen LogP) is 3.87. The number of rotatable bonds is 6. The second kappa shape index (κ2) is 6.19. The van der Waals surface area contributed by atoms with Gasteiger partial charge in [0.15, 0.2) is 0 Å². The van der Waals surface area contributed by atoms with Crippen LogP contribution in [0.3, 0.4) is 0 Å². The Morgan fingerprint density at radius 3 is 2.24 bits per heavy atom. The summed E-state index contributed by atoms with van der Waals surface area (Å²) in [7, 11) is 1.09. The Balaban J connectivity index is 2.80. The number of pyridine rings is 1. The summed E-state index contributed by atoms with van der Waals surface area (Å²) in [5.74, 6) is 1.12. The van der Waals surface area contributed by atoms with Crippen molar-refractivity contribution in [1.29, 1.82) is 0 Å². The Kier molecular flexibility index (Phi) is 5.19. The van der Waals surface area contributed by atoms with Crippen molar-refractivity contribution in [2.75, 3.05) is 18.1 Å². The third-order valence-electron chi connectivity index (χ3n) is 4.11. The van der Waals surface area contributed by atoms with Crippen LogP contribution in [0, 0.1) is 6.92 Å². The fourth-order valence-electron chi connectivity index (χ4n) is 2.40. The fraction of sp³-hybridized carbons (Fsp3) is 0.643. The molecule has 0 aliphatic carbocycles. The van der Waals surface area contributed by atoms with E-state index < -0.39 is 8.07 Å². The Bertz CT molecular complexity index is 340. The maximum absolute atomic E-state index is 4.47. The van der Waals surface area contributed by atoms with Gasteiger partial charge < -0.3 is 4.90 Å². The van der Waals surface area contributed by atoms with Crippen molar-refractivity contribution in [2.24, 2.45) is 0 Å². The van der Waals surface area contributed by atoms with Gasteiger partial charge in [0.2, 0.25) is 0 Å². The van der Waals surface area contributed by atoms with Gasteiger partial charge in [-0.1, -0.05) is 38.9 Å². The van der Waals surface area contributed by atoms with E-state index in [1.54, 1.807) is 0 Å². The number of aromatic nitrogens is 1. The van der Waals surface area contributed by atoms with Crippen LogP contribution in [-0.4, -0.2) is 26.3 Å². The highest BCUT2D eigenvalue weighted by Gasteiger charge is 2.28. The molecule has 0 amide bonds. The molecular formula is C14H26N2Si. The second-order valence-corrected chi connectivity index (χ2v) is 10.5. The third-order valence-corrected chi connectivity index (χ3v) is 9.76. The molecule has 0 aliphatic rings. The third kappa shape index (κ3) is 3.56. The van der Waals surface area contributed by atoms with E-state index in [1.165, 1.54) is 29.9 Å². The topological polar surface area (TPSA) is 16.1 Å². The molecule has 0 aromatic carbocycles. The molecule has 0 spiro atoms. The van der Waals surface area contributed by atoms with Crippen molar-refractivity contribution in [3.05, 3.63) is 23.9 Å². The van der Waals surface area contributed by atoms with Gasteiger partial charge in [0.1, 0.15) is 5.82 Å². The van der Waals surface area contributed by atoms with Gasteiger partial charge in [-0.2, -0.15) is 0 Å². The Morgan fingerprint density at radius 1 is 1.18 bits per heavy atom. The summed E-state index contributed by atoms with van der Waals surface area (Å²) in [6.07, 6.45) is 3.14. The molecule has 1 heterocycles. The van der Waals surface area contributed by atoms with E-state index >= 15 is 0 Å². The molecule has 1 aromatic heterocycles. The van der Waals surface area contributed by atoms with Crippen LogP contribution in [0.5, 0.6) is 0 Å². The highest BCUT2D eigenvalue weighted by atomic mass is 28.3. The molecule has 3 heteroatoms. The lowest BCUT2D eigenvalue weighted by atomic mass is 10.3. The van der Waals surface area contributed by atoms with Crippen LogP contribution in [0.2, 0.25) is 18.1 Å². The summed E-state index contributed by atoms with van der Waals surface area (Å²) in [6.45, 7) is 9.20. The lowest BCUT2D eigenvalue weighted by Gasteiger charge is -2.33. The predicted molar refractivity (Wildman–Crippen MR) is 79.4 cm³/mol. The SMILES string of the molecule is CC[Si](CC)(CC)CN(C)c1cc(C)ccn1. The highest BCUT2D eigenvalue weighted by molar-refractivity contribution is 6.80. The summed E-state index contributed by atoms with van der Waals surface area (Å²) in [5, 5.41) is 0.